The van der Waals surface area contributed by atoms with Crippen molar-refractivity contribution in [1.29, 1.82) is 0 Å². The molecule has 0 aromatic heterocycles. The van der Waals surface area contributed by atoms with Crippen LogP contribution in [-0.4, -0.2) is 51.6 Å². The summed E-state index contributed by atoms with van der Waals surface area (Å²) in [6.45, 7) is 4.91. The lowest BCUT2D eigenvalue weighted by Crippen LogP contribution is -2.50. The largest absolute Gasteiger partial charge is 0.375 e. The van der Waals surface area contributed by atoms with Crippen LogP contribution in [0.4, 0.5) is 0 Å². The molecule has 1 aliphatic heterocycles. The molecule has 2 unspecified atom stereocenters. The molecule has 1 amide bonds. The molecule has 116 valence electrons. The number of sulfonamides is 1. The van der Waals surface area contributed by atoms with Crippen molar-refractivity contribution in [2.75, 3.05) is 20.2 Å². The third kappa shape index (κ3) is 3.42. The minimum Gasteiger partial charge on any atom is -0.375 e. The van der Waals surface area contributed by atoms with Crippen molar-refractivity contribution in [2.45, 2.75) is 30.9 Å². The van der Waals surface area contributed by atoms with Crippen molar-refractivity contribution in [2.24, 2.45) is 0 Å². The van der Waals surface area contributed by atoms with E-state index in [0.717, 1.165) is 0 Å². The first kappa shape index (κ1) is 15.9. The van der Waals surface area contributed by atoms with E-state index in [1.807, 2.05) is 13.8 Å². The number of rotatable bonds is 3. The Labute approximate surface area is 125 Å². The van der Waals surface area contributed by atoms with Gasteiger partial charge in [0.2, 0.25) is 10.0 Å². The third-order valence-corrected chi connectivity index (χ3v) is 4.98. The maximum Gasteiger partial charge on any atom is 0.254 e. The summed E-state index contributed by atoms with van der Waals surface area (Å²) < 4.78 is 31.1. The number of morpholine rings is 1. The monoisotopic (exact) mass is 312 g/mol. The number of ether oxygens (including phenoxy) is 1. The molecule has 1 aromatic rings. The minimum atomic E-state index is -3.48. The third-order valence-electron chi connectivity index (χ3n) is 3.55. The van der Waals surface area contributed by atoms with Crippen LogP contribution in [0.2, 0.25) is 0 Å². The number of carbonyl (C=O) groups is 1. The van der Waals surface area contributed by atoms with Gasteiger partial charge in [-0.05, 0) is 45.2 Å². The summed E-state index contributed by atoms with van der Waals surface area (Å²) in [5.74, 6) is -0.106. The van der Waals surface area contributed by atoms with Gasteiger partial charge in [-0.2, -0.15) is 0 Å². The van der Waals surface area contributed by atoms with Crippen LogP contribution in [0.25, 0.3) is 0 Å². The number of nitrogens with one attached hydrogen (secondary N) is 1. The highest BCUT2D eigenvalue weighted by Gasteiger charge is 2.28. The Hall–Kier alpha value is -1.44. The molecular formula is C14H20N2O4S. The number of benzene rings is 1. The van der Waals surface area contributed by atoms with Gasteiger partial charge < -0.3 is 9.64 Å². The molecule has 2 atom stereocenters. The van der Waals surface area contributed by atoms with Gasteiger partial charge in [0.1, 0.15) is 0 Å². The van der Waals surface area contributed by atoms with Gasteiger partial charge in [0.25, 0.3) is 5.91 Å². The first-order valence-corrected chi connectivity index (χ1v) is 8.29. The van der Waals surface area contributed by atoms with Gasteiger partial charge in [-0.25, -0.2) is 13.1 Å². The molecular weight excluding hydrogens is 292 g/mol. The second-order valence-electron chi connectivity index (χ2n) is 5.18. The molecule has 0 aliphatic carbocycles. The first-order chi connectivity index (χ1) is 9.85. The lowest BCUT2D eigenvalue weighted by atomic mass is 10.1. The predicted molar refractivity (Wildman–Crippen MR) is 78.6 cm³/mol. The standard InChI is InChI=1S/C14H20N2O4S/c1-10-9-20-11(2)8-16(10)14(17)12-4-6-13(7-5-12)21(18,19)15-3/h4-7,10-11,15H,8-9H2,1-3H3. The second-order valence-corrected chi connectivity index (χ2v) is 7.07. The topological polar surface area (TPSA) is 75.7 Å². The number of amides is 1. The van der Waals surface area contributed by atoms with Gasteiger partial charge in [-0.3, -0.25) is 4.79 Å². The highest BCUT2D eigenvalue weighted by molar-refractivity contribution is 7.89. The fourth-order valence-electron chi connectivity index (χ4n) is 2.25. The van der Waals surface area contributed by atoms with Crippen LogP contribution in [0.15, 0.2) is 29.2 Å². The Bertz CT molecular complexity index is 612. The lowest BCUT2D eigenvalue weighted by Gasteiger charge is -2.36. The van der Waals surface area contributed by atoms with Crippen LogP contribution < -0.4 is 4.72 Å². The number of hydrogen-bond acceptors (Lipinski definition) is 4. The van der Waals surface area contributed by atoms with Crippen LogP contribution in [-0.2, 0) is 14.8 Å². The van der Waals surface area contributed by atoms with Crippen LogP contribution in [0.5, 0.6) is 0 Å². The molecule has 0 radical (unpaired) electrons. The van der Waals surface area contributed by atoms with E-state index < -0.39 is 10.0 Å². The molecule has 0 saturated carbocycles. The number of nitrogens with zero attached hydrogens (tertiary/aromatic N) is 1. The summed E-state index contributed by atoms with van der Waals surface area (Å²) in [6, 6.07) is 5.97. The summed E-state index contributed by atoms with van der Waals surface area (Å²) in [7, 11) is -2.13. The van der Waals surface area contributed by atoms with E-state index in [1.165, 1.54) is 19.2 Å². The number of hydrogen-bond donors (Lipinski definition) is 1. The minimum absolute atomic E-state index is 0.00842. The Morgan fingerprint density at radius 2 is 1.90 bits per heavy atom. The van der Waals surface area contributed by atoms with E-state index in [0.29, 0.717) is 18.7 Å². The molecule has 1 aliphatic rings. The summed E-state index contributed by atoms with van der Waals surface area (Å²) in [4.78, 5) is 14.4. The molecule has 7 heteroatoms. The second kappa shape index (κ2) is 6.13. The normalized spacial score (nSPS) is 23.1. The van der Waals surface area contributed by atoms with Crippen molar-refractivity contribution >= 4 is 15.9 Å². The maximum atomic E-state index is 12.5. The average molecular weight is 312 g/mol. The molecule has 21 heavy (non-hydrogen) atoms. The van der Waals surface area contributed by atoms with E-state index in [9.17, 15) is 13.2 Å². The fraction of sp³-hybridized carbons (Fsp3) is 0.500. The van der Waals surface area contributed by atoms with Crippen molar-refractivity contribution < 1.29 is 17.9 Å². The number of carbonyl (C=O) groups excluding carboxylic acids is 1. The molecule has 1 heterocycles. The highest BCUT2D eigenvalue weighted by Crippen LogP contribution is 2.17. The zero-order valence-electron chi connectivity index (χ0n) is 12.4. The fourth-order valence-corrected chi connectivity index (χ4v) is 2.98. The quantitative estimate of drug-likeness (QED) is 0.897. The van der Waals surface area contributed by atoms with Crippen LogP contribution in [0.3, 0.4) is 0 Å². The lowest BCUT2D eigenvalue weighted by molar-refractivity contribution is -0.0387. The summed E-state index contributed by atoms with van der Waals surface area (Å²) in [5.41, 5.74) is 0.478. The van der Waals surface area contributed by atoms with Crippen molar-refractivity contribution in [3.05, 3.63) is 29.8 Å². The Morgan fingerprint density at radius 3 is 2.48 bits per heavy atom. The Balaban J connectivity index is 2.20. The molecule has 2 rings (SSSR count). The van der Waals surface area contributed by atoms with Crippen molar-refractivity contribution in [3.8, 4) is 0 Å². The van der Waals surface area contributed by atoms with Crippen LogP contribution >= 0.6 is 0 Å². The molecule has 6 nitrogen and oxygen atoms in total. The van der Waals surface area contributed by atoms with Gasteiger partial charge >= 0.3 is 0 Å². The SMILES string of the molecule is CNS(=O)(=O)c1ccc(C(=O)N2CC(C)OCC2C)cc1. The van der Waals surface area contributed by atoms with Crippen LogP contribution in [0, 0.1) is 0 Å². The van der Waals surface area contributed by atoms with Gasteiger partial charge in [-0.15, -0.1) is 0 Å². The maximum absolute atomic E-state index is 12.5. The van der Waals surface area contributed by atoms with E-state index in [4.69, 9.17) is 4.74 Å². The Kier molecular flexibility index (Phi) is 4.65. The molecule has 1 N–H and O–H groups in total. The van der Waals surface area contributed by atoms with E-state index in [-0.39, 0.29) is 22.9 Å². The molecule has 0 bridgehead atoms. The van der Waals surface area contributed by atoms with E-state index in [2.05, 4.69) is 4.72 Å². The highest BCUT2D eigenvalue weighted by atomic mass is 32.2. The van der Waals surface area contributed by atoms with Crippen LogP contribution in [0.1, 0.15) is 24.2 Å². The summed E-state index contributed by atoms with van der Waals surface area (Å²) >= 11 is 0. The Morgan fingerprint density at radius 1 is 1.29 bits per heavy atom. The smallest absolute Gasteiger partial charge is 0.254 e. The summed E-state index contributed by atoms with van der Waals surface area (Å²) in [6.07, 6.45) is 0.00842. The van der Waals surface area contributed by atoms with Gasteiger partial charge in [0.05, 0.1) is 23.6 Å². The predicted octanol–water partition coefficient (Wildman–Crippen LogP) is 0.844. The summed E-state index contributed by atoms with van der Waals surface area (Å²) in [5, 5.41) is 0. The van der Waals surface area contributed by atoms with Gasteiger partial charge in [0.15, 0.2) is 0 Å². The zero-order chi connectivity index (χ0) is 15.6. The van der Waals surface area contributed by atoms with E-state index >= 15 is 0 Å². The van der Waals surface area contributed by atoms with E-state index in [1.54, 1.807) is 17.0 Å². The molecule has 1 saturated heterocycles. The average Bonchev–Trinajstić information content (AvgIpc) is 2.49. The molecule has 0 spiro atoms. The first-order valence-electron chi connectivity index (χ1n) is 6.81. The molecule has 1 fully saturated rings. The van der Waals surface area contributed by atoms with Crippen molar-refractivity contribution in [3.63, 3.8) is 0 Å². The van der Waals surface area contributed by atoms with Crippen molar-refractivity contribution in [1.82, 2.24) is 9.62 Å². The van der Waals surface area contributed by atoms with Gasteiger partial charge in [0, 0.05) is 12.1 Å². The zero-order valence-corrected chi connectivity index (χ0v) is 13.2. The van der Waals surface area contributed by atoms with Gasteiger partial charge in [-0.1, -0.05) is 0 Å². The molecule has 1 aromatic carbocycles.